The second-order valence-corrected chi connectivity index (χ2v) is 4.08. The van der Waals surface area contributed by atoms with Crippen LogP contribution < -0.4 is 5.32 Å². The molecule has 0 radical (unpaired) electrons. The maximum absolute atomic E-state index is 4.28. The molecule has 0 bridgehead atoms. The number of nitrogens with one attached hydrogen (secondary N) is 1. The number of aryl methyl sites for hydroxylation is 1. The van der Waals surface area contributed by atoms with Crippen LogP contribution in [0, 0.1) is 0 Å². The standard InChI is InChI=1S/C9H8N6S/c1-15-5-10-7-4-6(2-3-8(7)15)11-9-12-13-14-16-9/h2-5H,1H3,(H,11,12,14). The minimum atomic E-state index is 0.676. The van der Waals surface area contributed by atoms with Crippen molar-refractivity contribution >= 4 is 33.4 Å². The molecule has 0 spiro atoms. The molecule has 0 aliphatic heterocycles. The summed E-state index contributed by atoms with van der Waals surface area (Å²) in [6, 6.07) is 5.96. The molecule has 0 fully saturated rings. The van der Waals surface area contributed by atoms with Crippen LogP contribution in [0.15, 0.2) is 24.5 Å². The van der Waals surface area contributed by atoms with Crippen LogP contribution >= 0.6 is 11.5 Å². The zero-order valence-electron chi connectivity index (χ0n) is 8.45. The average Bonchev–Trinajstić information content (AvgIpc) is 2.90. The number of aromatic nitrogens is 5. The molecule has 0 atom stereocenters. The first kappa shape index (κ1) is 9.22. The van der Waals surface area contributed by atoms with Crippen LogP contribution in [0.1, 0.15) is 0 Å². The lowest BCUT2D eigenvalue weighted by atomic mass is 10.3. The van der Waals surface area contributed by atoms with Gasteiger partial charge in [-0.05, 0) is 23.4 Å². The molecular formula is C9H8N6S. The summed E-state index contributed by atoms with van der Waals surface area (Å²) in [4.78, 5) is 4.28. The van der Waals surface area contributed by atoms with Crippen molar-refractivity contribution in [3.8, 4) is 0 Å². The Bertz CT molecular complexity index is 614. The highest BCUT2D eigenvalue weighted by Crippen LogP contribution is 2.20. The van der Waals surface area contributed by atoms with Crippen molar-refractivity contribution in [2.75, 3.05) is 5.32 Å². The Labute approximate surface area is 95.1 Å². The van der Waals surface area contributed by atoms with Crippen LogP contribution in [0.4, 0.5) is 10.8 Å². The molecule has 80 valence electrons. The van der Waals surface area contributed by atoms with Crippen molar-refractivity contribution in [2.45, 2.75) is 0 Å². The van der Waals surface area contributed by atoms with Crippen molar-refractivity contribution in [3.63, 3.8) is 0 Å². The molecule has 2 heterocycles. The van der Waals surface area contributed by atoms with Gasteiger partial charge in [0.2, 0.25) is 5.13 Å². The Morgan fingerprint density at radius 2 is 2.31 bits per heavy atom. The third kappa shape index (κ3) is 1.50. The minimum Gasteiger partial charge on any atom is -0.334 e. The topological polar surface area (TPSA) is 68.5 Å². The van der Waals surface area contributed by atoms with Gasteiger partial charge in [0, 0.05) is 24.3 Å². The monoisotopic (exact) mass is 232 g/mol. The zero-order chi connectivity index (χ0) is 11.0. The molecular weight excluding hydrogens is 224 g/mol. The van der Waals surface area contributed by atoms with Crippen LogP contribution in [0.3, 0.4) is 0 Å². The number of hydrogen-bond acceptors (Lipinski definition) is 6. The Balaban J connectivity index is 1.99. The van der Waals surface area contributed by atoms with E-state index in [0.29, 0.717) is 5.13 Å². The molecule has 1 N–H and O–H groups in total. The lowest BCUT2D eigenvalue weighted by Gasteiger charge is -2.01. The number of benzene rings is 1. The summed E-state index contributed by atoms with van der Waals surface area (Å²) in [5.41, 5.74) is 2.98. The first-order chi connectivity index (χ1) is 7.83. The quantitative estimate of drug-likeness (QED) is 0.726. The second-order valence-electron chi connectivity index (χ2n) is 3.35. The molecule has 0 amide bonds. The molecule has 2 aromatic heterocycles. The number of rotatable bonds is 2. The van der Waals surface area contributed by atoms with Gasteiger partial charge in [-0.25, -0.2) is 4.98 Å². The number of hydrogen-bond donors (Lipinski definition) is 1. The van der Waals surface area contributed by atoms with E-state index >= 15 is 0 Å². The fraction of sp³-hybridized carbons (Fsp3) is 0.111. The first-order valence-corrected chi connectivity index (χ1v) is 5.43. The fourth-order valence-corrected chi connectivity index (χ4v) is 1.91. The van der Waals surface area contributed by atoms with E-state index in [1.807, 2.05) is 29.8 Å². The van der Waals surface area contributed by atoms with Crippen LogP contribution in [-0.4, -0.2) is 24.4 Å². The number of anilines is 2. The number of fused-ring (bicyclic) bond motifs is 1. The van der Waals surface area contributed by atoms with Gasteiger partial charge in [0.15, 0.2) is 0 Å². The minimum absolute atomic E-state index is 0.676. The third-order valence-corrected chi connectivity index (χ3v) is 2.79. The summed E-state index contributed by atoms with van der Waals surface area (Å²) >= 11 is 1.22. The fourth-order valence-electron chi connectivity index (χ4n) is 1.52. The largest absolute Gasteiger partial charge is 0.334 e. The third-order valence-electron chi connectivity index (χ3n) is 2.28. The van der Waals surface area contributed by atoms with Gasteiger partial charge in [-0.1, -0.05) is 9.59 Å². The van der Waals surface area contributed by atoms with E-state index in [-0.39, 0.29) is 0 Å². The molecule has 0 saturated carbocycles. The van der Waals surface area contributed by atoms with E-state index in [4.69, 9.17) is 0 Å². The molecule has 0 aliphatic carbocycles. The van der Waals surface area contributed by atoms with Gasteiger partial charge in [0.1, 0.15) is 0 Å². The van der Waals surface area contributed by atoms with Crippen LogP contribution in [0.25, 0.3) is 11.0 Å². The van der Waals surface area contributed by atoms with Crippen molar-refractivity contribution in [1.29, 1.82) is 0 Å². The molecule has 3 aromatic rings. The van der Waals surface area contributed by atoms with Gasteiger partial charge in [0.05, 0.1) is 17.4 Å². The molecule has 1 aromatic carbocycles. The highest BCUT2D eigenvalue weighted by Gasteiger charge is 2.03. The predicted molar refractivity (Wildman–Crippen MR) is 61.7 cm³/mol. The van der Waals surface area contributed by atoms with Gasteiger partial charge in [0.25, 0.3) is 0 Å². The Hall–Kier alpha value is -2.02. The van der Waals surface area contributed by atoms with Crippen molar-refractivity contribution in [1.82, 2.24) is 24.4 Å². The molecule has 0 saturated heterocycles. The van der Waals surface area contributed by atoms with Crippen molar-refractivity contribution < 1.29 is 0 Å². The number of imidazole rings is 1. The van der Waals surface area contributed by atoms with Gasteiger partial charge in [-0.3, -0.25) is 0 Å². The predicted octanol–water partition coefficient (Wildman–Crippen LogP) is 1.56. The van der Waals surface area contributed by atoms with E-state index in [1.165, 1.54) is 11.5 Å². The smallest absolute Gasteiger partial charge is 0.229 e. The van der Waals surface area contributed by atoms with Crippen LogP contribution in [0.2, 0.25) is 0 Å². The van der Waals surface area contributed by atoms with E-state index in [0.717, 1.165) is 16.7 Å². The van der Waals surface area contributed by atoms with Gasteiger partial charge in [-0.15, -0.1) is 0 Å². The van der Waals surface area contributed by atoms with Crippen molar-refractivity contribution in [2.24, 2.45) is 7.05 Å². The summed E-state index contributed by atoms with van der Waals surface area (Å²) < 4.78 is 5.66. The maximum atomic E-state index is 4.28. The summed E-state index contributed by atoms with van der Waals surface area (Å²) in [5, 5.41) is 11.1. The SMILES string of the molecule is Cn1cnc2cc(Nc3nnns3)ccc21. The second kappa shape index (κ2) is 3.53. The summed E-state index contributed by atoms with van der Waals surface area (Å²) in [7, 11) is 1.97. The molecule has 0 aliphatic rings. The van der Waals surface area contributed by atoms with Gasteiger partial charge < -0.3 is 9.88 Å². The molecule has 3 rings (SSSR count). The van der Waals surface area contributed by atoms with Crippen LogP contribution in [0.5, 0.6) is 0 Å². The highest BCUT2D eigenvalue weighted by atomic mass is 32.1. The maximum Gasteiger partial charge on any atom is 0.229 e. The van der Waals surface area contributed by atoms with Gasteiger partial charge in [-0.2, -0.15) is 0 Å². The summed E-state index contributed by atoms with van der Waals surface area (Å²) in [6.07, 6.45) is 1.79. The lowest BCUT2D eigenvalue weighted by molar-refractivity contribution is 0.947. The van der Waals surface area contributed by atoms with E-state index in [1.54, 1.807) is 6.33 Å². The van der Waals surface area contributed by atoms with Gasteiger partial charge >= 0.3 is 0 Å². The molecule has 6 nitrogen and oxygen atoms in total. The summed E-state index contributed by atoms with van der Waals surface area (Å²) in [5.74, 6) is 0. The molecule has 7 heteroatoms. The van der Waals surface area contributed by atoms with E-state index in [9.17, 15) is 0 Å². The highest BCUT2D eigenvalue weighted by molar-refractivity contribution is 7.09. The average molecular weight is 232 g/mol. The molecule has 0 unspecified atom stereocenters. The Kier molecular flexibility index (Phi) is 2.03. The Morgan fingerprint density at radius 1 is 1.38 bits per heavy atom. The number of nitrogens with zero attached hydrogens (tertiary/aromatic N) is 5. The first-order valence-electron chi connectivity index (χ1n) is 4.66. The summed E-state index contributed by atoms with van der Waals surface area (Å²) in [6.45, 7) is 0. The normalized spacial score (nSPS) is 10.8. The van der Waals surface area contributed by atoms with E-state index in [2.05, 4.69) is 25.1 Å². The van der Waals surface area contributed by atoms with Crippen LogP contribution in [-0.2, 0) is 7.05 Å². The lowest BCUT2D eigenvalue weighted by Crippen LogP contribution is -1.90. The zero-order valence-corrected chi connectivity index (χ0v) is 9.27. The Morgan fingerprint density at radius 3 is 3.12 bits per heavy atom. The van der Waals surface area contributed by atoms with Crippen molar-refractivity contribution in [3.05, 3.63) is 24.5 Å². The van der Waals surface area contributed by atoms with E-state index < -0.39 is 0 Å². The molecule has 16 heavy (non-hydrogen) atoms.